The number of nitrogens with one attached hydrogen (secondary N) is 1. The average molecular weight is 447 g/mol. The monoisotopic (exact) mass is 446 g/mol. The second-order valence-corrected chi connectivity index (χ2v) is 9.41. The highest BCUT2D eigenvalue weighted by molar-refractivity contribution is 7.92. The SMILES string of the molecule is CC1Cc2cc(C(=O)OCC(=O)Nc3cccc4nsnc34)ccc2N1S(C)(=O)=O. The summed E-state index contributed by atoms with van der Waals surface area (Å²) in [5, 5.41) is 2.66. The van der Waals surface area contributed by atoms with E-state index >= 15 is 0 Å². The molecule has 2 aromatic carbocycles. The van der Waals surface area contributed by atoms with Crippen LogP contribution in [-0.2, 0) is 26.0 Å². The van der Waals surface area contributed by atoms with Crippen molar-refractivity contribution in [3.63, 3.8) is 0 Å². The van der Waals surface area contributed by atoms with Gasteiger partial charge in [-0.1, -0.05) is 6.07 Å². The molecule has 1 unspecified atom stereocenters. The number of hydrogen-bond donors (Lipinski definition) is 1. The van der Waals surface area contributed by atoms with Gasteiger partial charge in [-0.25, -0.2) is 13.2 Å². The molecular formula is C19H18N4O5S2. The number of benzene rings is 2. The molecule has 0 saturated heterocycles. The Hall–Kier alpha value is -3.05. The van der Waals surface area contributed by atoms with Gasteiger partial charge in [0.25, 0.3) is 5.91 Å². The Bertz CT molecular complexity index is 1250. The van der Waals surface area contributed by atoms with Crippen LogP contribution in [0.3, 0.4) is 0 Å². The van der Waals surface area contributed by atoms with Crippen molar-refractivity contribution in [2.45, 2.75) is 19.4 Å². The number of anilines is 2. The van der Waals surface area contributed by atoms with Gasteiger partial charge < -0.3 is 10.1 Å². The van der Waals surface area contributed by atoms with Gasteiger partial charge >= 0.3 is 5.97 Å². The van der Waals surface area contributed by atoms with Gasteiger partial charge in [0.1, 0.15) is 11.0 Å². The van der Waals surface area contributed by atoms with Crippen molar-refractivity contribution in [1.82, 2.24) is 8.75 Å². The quantitative estimate of drug-likeness (QED) is 0.597. The fourth-order valence-electron chi connectivity index (χ4n) is 3.54. The van der Waals surface area contributed by atoms with E-state index in [9.17, 15) is 18.0 Å². The van der Waals surface area contributed by atoms with E-state index in [0.717, 1.165) is 23.5 Å². The first kappa shape index (κ1) is 20.2. The number of ether oxygens (including phenoxy) is 1. The number of sulfonamides is 1. The summed E-state index contributed by atoms with van der Waals surface area (Å²) in [5.41, 5.74) is 3.30. The predicted octanol–water partition coefficient (Wildman–Crippen LogP) is 2.20. The molecule has 0 saturated carbocycles. The predicted molar refractivity (Wildman–Crippen MR) is 113 cm³/mol. The van der Waals surface area contributed by atoms with Crippen molar-refractivity contribution in [2.75, 3.05) is 22.5 Å². The summed E-state index contributed by atoms with van der Waals surface area (Å²) in [7, 11) is -3.41. The number of fused-ring (bicyclic) bond motifs is 2. The Kier molecular flexibility index (Phi) is 5.16. The van der Waals surface area contributed by atoms with Crippen LogP contribution in [0.15, 0.2) is 36.4 Å². The molecule has 1 aliphatic heterocycles. The molecule has 30 heavy (non-hydrogen) atoms. The summed E-state index contributed by atoms with van der Waals surface area (Å²) >= 11 is 1.04. The zero-order valence-electron chi connectivity index (χ0n) is 16.2. The summed E-state index contributed by atoms with van der Waals surface area (Å²) in [5.74, 6) is -1.16. The van der Waals surface area contributed by atoms with E-state index in [4.69, 9.17) is 4.74 Å². The molecule has 0 aliphatic carbocycles. The van der Waals surface area contributed by atoms with Gasteiger partial charge in [0.05, 0.1) is 34.9 Å². The number of esters is 1. The molecule has 2 heterocycles. The molecule has 9 nitrogen and oxygen atoms in total. The number of carbonyl (C=O) groups is 2. The van der Waals surface area contributed by atoms with Crippen molar-refractivity contribution in [3.05, 3.63) is 47.5 Å². The minimum Gasteiger partial charge on any atom is -0.452 e. The molecule has 1 aromatic heterocycles. The molecule has 1 aliphatic rings. The van der Waals surface area contributed by atoms with Crippen LogP contribution in [0.1, 0.15) is 22.8 Å². The smallest absolute Gasteiger partial charge is 0.338 e. The highest BCUT2D eigenvalue weighted by Gasteiger charge is 2.33. The molecule has 11 heteroatoms. The molecule has 0 fully saturated rings. The lowest BCUT2D eigenvalue weighted by Gasteiger charge is -2.21. The van der Waals surface area contributed by atoms with E-state index in [2.05, 4.69) is 14.1 Å². The molecule has 0 spiro atoms. The van der Waals surface area contributed by atoms with Crippen LogP contribution in [0.2, 0.25) is 0 Å². The Morgan fingerprint density at radius 2 is 2.07 bits per heavy atom. The number of hydrogen-bond acceptors (Lipinski definition) is 8. The zero-order chi connectivity index (χ0) is 21.5. The van der Waals surface area contributed by atoms with Crippen LogP contribution >= 0.6 is 11.7 Å². The topological polar surface area (TPSA) is 119 Å². The lowest BCUT2D eigenvalue weighted by molar-refractivity contribution is -0.119. The molecule has 1 N–H and O–H groups in total. The minimum atomic E-state index is -3.41. The van der Waals surface area contributed by atoms with Crippen molar-refractivity contribution in [1.29, 1.82) is 0 Å². The summed E-state index contributed by atoms with van der Waals surface area (Å²) in [6, 6.07) is 9.70. The third-order valence-electron chi connectivity index (χ3n) is 4.72. The van der Waals surface area contributed by atoms with Gasteiger partial charge in [0, 0.05) is 6.04 Å². The van der Waals surface area contributed by atoms with E-state index in [1.807, 2.05) is 6.92 Å². The maximum Gasteiger partial charge on any atom is 0.338 e. The zero-order valence-corrected chi connectivity index (χ0v) is 17.8. The van der Waals surface area contributed by atoms with E-state index in [-0.39, 0.29) is 11.6 Å². The standard InChI is InChI=1S/C19H18N4O5S2/c1-11-8-13-9-12(6-7-16(13)23(11)30(2,26)27)19(25)28-10-17(24)20-14-4-3-5-15-18(14)22-29-21-15/h3-7,9,11H,8,10H2,1-2H3,(H,20,24). The summed E-state index contributed by atoms with van der Waals surface area (Å²) < 4.78 is 38.7. The molecule has 3 aromatic rings. The molecule has 1 atom stereocenters. The number of carbonyl (C=O) groups excluding carboxylic acids is 2. The molecule has 1 amide bonds. The third kappa shape index (κ3) is 3.85. The second kappa shape index (κ2) is 7.65. The lowest BCUT2D eigenvalue weighted by atomic mass is 10.1. The third-order valence-corrected chi connectivity index (χ3v) is 6.53. The van der Waals surface area contributed by atoms with E-state index < -0.39 is 28.5 Å². The lowest BCUT2D eigenvalue weighted by Crippen LogP contribution is -2.34. The van der Waals surface area contributed by atoms with Crippen LogP contribution in [-0.4, -0.2) is 47.9 Å². The second-order valence-electron chi connectivity index (χ2n) is 7.02. The number of amides is 1. The summed E-state index contributed by atoms with van der Waals surface area (Å²) in [6.45, 7) is 1.34. The molecular weight excluding hydrogens is 428 g/mol. The maximum absolute atomic E-state index is 12.4. The van der Waals surface area contributed by atoms with Crippen molar-refractivity contribution >= 4 is 56.0 Å². The Labute approximate surface area is 177 Å². The van der Waals surface area contributed by atoms with Crippen molar-refractivity contribution in [2.24, 2.45) is 0 Å². The highest BCUT2D eigenvalue weighted by Crippen LogP contribution is 2.34. The van der Waals surface area contributed by atoms with E-state index in [1.54, 1.807) is 30.3 Å². The first-order valence-electron chi connectivity index (χ1n) is 9.04. The van der Waals surface area contributed by atoms with Crippen LogP contribution < -0.4 is 9.62 Å². The minimum absolute atomic E-state index is 0.227. The van der Waals surface area contributed by atoms with E-state index in [1.165, 1.54) is 10.4 Å². The van der Waals surface area contributed by atoms with Gasteiger partial charge in [-0.15, -0.1) is 0 Å². The van der Waals surface area contributed by atoms with Crippen LogP contribution in [0.4, 0.5) is 11.4 Å². The molecule has 0 radical (unpaired) electrons. The first-order valence-corrected chi connectivity index (χ1v) is 11.6. The summed E-state index contributed by atoms with van der Waals surface area (Å²) in [6.07, 6.45) is 1.65. The van der Waals surface area contributed by atoms with Gasteiger partial charge in [0.15, 0.2) is 6.61 Å². The Morgan fingerprint density at radius 1 is 1.27 bits per heavy atom. The summed E-state index contributed by atoms with van der Waals surface area (Å²) in [4.78, 5) is 24.6. The van der Waals surface area contributed by atoms with Crippen molar-refractivity contribution in [3.8, 4) is 0 Å². The van der Waals surface area contributed by atoms with Crippen LogP contribution in [0.25, 0.3) is 11.0 Å². The van der Waals surface area contributed by atoms with Crippen molar-refractivity contribution < 1.29 is 22.7 Å². The fraction of sp³-hybridized carbons (Fsp3) is 0.263. The maximum atomic E-state index is 12.4. The number of aromatic nitrogens is 2. The average Bonchev–Trinajstić information content (AvgIpc) is 3.28. The normalized spacial score (nSPS) is 15.8. The van der Waals surface area contributed by atoms with Gasteiger partial charge in [-0.2, -0.15) is 8.75 Å². The fourth-order valence-corrected chi connectivity index (χ4v) is 5.36. The van der Waals surface area contributed by atoms with Crippen LogP contribution in [0, 0.1) is 0 Å². The van der Waals surface area contributed by atoms with E-state index in [0.29, 0.717) is 28.8 Å². The molecule has 156 valence electrons. The Morgan fingerprint density at radius 3 is 2.83 bits per heavy atom. The highest BCUT2D eigenvalue weighted by atomic mass is 32.2. The van der Waals surface area contributed by atoms with Crippen LogP contribution in [0.5, 0.6) is 0 Å². The van der Waals surface area contributed by atoms with Gasteiger partial charge in [0.2, 0.25) is 10.0 Å². The first-order chi connectivity index (χ1) is 14.2. The molecule has 4 rings (SSSR count). The number of nitrogens with zero attached hydrogens (tertiary/aromatic N) is 3. The number of rotatable bonds is 5. The van der Waals surface area contributed by atoms with Gasteiger partial charge in [-0.05, 0) is 49.2 Å². The molecule has 0 bridgehead atoms. The van der Waals surface area contributed by atoms with Gasteiger partial charge in [-0.3, -0.25) is 9.10 Å². The largest absolute Gasteiger partial charge is 0.452 e. The Balaban J connectivity index is 1.42.